The number of piperazine rings is 1. The van der Waals surface area contributed by atoms with Crippen molar-refractivity contribution in [1.29, 1.82) is 0 Å². The maximum Gasteiger partial charge on any atom is 0.234 e. The van der Waals surface area contributed by atoms with Gasteiger partial charge in [0.15, 0.2) is 0 Å². The average molecular weight is 401 g/mol. The van der Waals surface area contributed by atoms with Gasteiger partial charge in [-0.2, -0.15) is 0 Å². The van der Waals surface area contributed by atoms with Crippen molar-refractivity contribution in [3.8, 4) is 0 Å². The van der Waals surface area contributed by atoms with Crippen molar-refractivity contribution in [2.24, 2.45) is 11.1 Å². The summed E-state index contributed by atoms with van der Waals surface area (Å²) in [4.78, 5) is 28.5. The molecule has 1 fully saturated rings. The molecule has 1 aliphatic heterocycles. The Morgan fingerprint density at radius 2 is 1.68 bits per heavy atom. The van der Waals surface area contributed by atoms with Gasteiger partial charge in [-0.15, -0.1) is 24.8 Å². The molecule has 0 bridgehead atoms. The molecule has 9 heteroatoms. The highest BCUT2D eigenvalue weighted by atomic mass is 35.5. The molecule has 3 N–H and O–H groups in total. The molecule has 1 rings (SSSR count). The van der Waals surface area contributed by atoms with Gasteiger partial charge in [0.25, 0.3) is 0 Å². The van der Waals surface area contributed by atoms with Gasteiger partial charge in [-0.1, -0.05) is 13.8 Å². The molecule has 25 heavy (non-hydrogen) atoms. The van der Waals surface area contributed by atoms with E-state index in [1.165, 1.54) is 0 Å². The summed E-state index contributed by atoms with van der Waals surface area (Å²) in [5.41, 5.74) is 5.44. The lowest BCUT2D eigenvalue weighted by molar-refractivity contribution is -0.144. The number of ether oxygens (including phenoxy) is 1. The van der Waals surface area contributed by atoms with E-state index in [0.29, 0.717) is 39.3 Å². The van der Waals surface area contributed by atoms with Crippen molar-refractivity contribution in [3.63, 3.8) is 0 Å². The van der Waals surface area contributed by atoms with Crippen molar-refractivity contribution in [3.05, 3.63) is 0 Å². The van der Waals surface area contributed by atoms with Crippen LogP contribution in [-0.4, -0.2) is 81.1 Å². The van der Waals surface area contributed by atoms with Crippen molar-refractivity contribution in [2.75, 3.05) is 59.5 Å². The minimum Gasteiger partial charge on any atom is -0.383 e. The number of nitrogens with zero attached hydrogens (tertiary/aromatic N) is 2. The van der Waals surface area contributed by atoms with Gasteiger partial charge < -0.3 is 20.7 Å². The zero-order valence-corrected chi connectivity index (χ0v) is 17.2. The molecule has 0 aliphatic carbocycles. The van der Waals surface area contributed by atoms with Crippen LogP contribution < -0.4 is 11.1 Å². The number of nitrogens with two attached hydrogens (primary N) is 1. The first-order chi connectivity index (χ1) is 11.0. The Kier molecular flexibility index (Phi) is 14.5. The molecule has 0 aromatic carbocycles. The third kappa shape index (κ3) is 7.66. The molecular formula is C16H34Cl2N4O3. The first kappa shape index (κ1) is 26.6. The van der Waals surface area contributed by atoms with Crippen LogP contribution >= 0.6 is 24.8 Å². The summed E-state index contributed by atoms with van der Waals surface area (Å²) in [6.45, 7) is 8.61. The first-order valence-corrected chi connectivity index (χ1v) is 8.50. The molecule has 0 aromatic heterocycles. The third-order valence-corrected chi connectivity index (χ3v) is 4.85. The zero-order chi connectivity index (χ0) is 17.3. The SMILES string of the molecule is CCC(CC)(CN)C(=O)N1CCN(CC(=O)NCCOC)CC1.Cl.Cl. The lowest BCUT2D eigenvalue weighted by atomic mass is 9.81. The Bertz CT molecular complexity index is 379. The maximum absolute atomic E-state index is 12.8. The van der Waals surface area contributed by atoms with Gasteiger partial charge in [-0.3, -0.25) is 14.5 Å². The van der Waals surface area contributed by atoms with Gasteiger partial charge >= 0.3 is 0 Å². The van der Waals surface area contributed by atoms with Crippen LogP contribution in [0.4, 0.5) is 0 Å². The fourth-order valence-electron chi connectivity index (χ4n) is 2.92. The number of methoxy groups -OCH3 is 1. The second-order valence-corrected chi connectivity index (χ2v) is 6.10. The lowest BCUT2D eigenvalue weighted by Crippen LogP contribution is -2.55. The van der Waals surface area contributed by atoms with Gasteiger partial charge in [0.05, 0.1) is 18.6 Å². The molecule has 0 aromatic rings. The van der Waals surface area contributed by atoms with Crippen LogP contribution in [0.3, 0.4) is 0 Å². The smallest absolute Gasteiger partial charge is 0.234 e. The van der Waals surface area contributed by atoms with Crippen LogP contribution in [0.25, 0.3) is 0 Å². The van der Waals surface area contributed by atoms with Gasteiger partial charge in [0, 0.05) is 46.4 Å². The molecule has 0 atom stereocenters. The summed E-state index contributed by atoms with van der Waals surface area (Å²) in [6.07, 6.45) is 1.53. The number of hydrogen-bond acceptors (Lipinski definition) is 5. The largest absolute Gasteiger partial charge is 0.383 e. The molecule has 1 saturated heterocycles. The Labute approximate surface area is 163 Å². The van der Waals surface area contributed by atoms with Crippen LogP contribution in [0, 0.1) is 5.41 Å². The topological polar surface area (TPSA) is 87.9 Å². The number of carbonyl (C=O) groups is 2. The lowest BCUT2D eigenvalue weighted by Gasteiger charge is -2.40. The van der Waals surface area contributed by atoms with E-state index in [1.54, 1.807) is 7.11 Å². The maximum atomic E-state index is 12.8. The molecule has 0 radical (unpaired) electrons. The second-order valence-electron chi connectivity index (χ2n) is 6.10. The standard InChI is InChI=1S/C16H32N4O3.2ClH/c1-4-16(5-2,13-17)15(22)20-9-7-19(8-10-20)12-14(21)18-6-11-23-3;;/h4-13,17H2,1-3H3,(H,18,21);2*1H. The quantitative estimate of drug-likeness (QED) is 0.550. The predicted octanol–water partition coefficient (Wildman–Crippen LogP) is 0.502. The van der Waals surface area contributed by atoms with Crippen LogP contribution in [0.2, 0.25) is 0 Å². The number of amides is 2. The number of halogens is 2. The van der Waals surface area contributed by atoms with Crippen molar-refractivity contribution < 1.29 is 14.3 Å². The Morgan fingerprint density at radius 3 is 2.12 bits per heavy atom. The summed E-state index contributed by atoms with van der Waals surface area (Å²) >= 11 is 0. The Balaban J connectivity index is 0. The van der Waals surface area contributed by atoms with E-state index in [1.807, 2.05) is 18.7 Å². The van der Waals surface area contributed by atoms with Gasteiger partial charge in [0.2, 0.25) is 11.8 Å². The van der Waals surface area contributed by atoms with E-state index in [-0.39, 0.29) is 36.6 Å². The molecule has 2 amide bonds. The van der Waals surface area contributed by atoms with Crippen LogP contribution in [-0.2, 0) is 14.3 Å². The summed E-state index contributed by atoms with van der Waals surface area (Å²) in [7, 11) is 1.61. The van der Waals surface area contributed by atoms with Gasteiger partial charge in [-0.25, -0.2) is 0 Å². The molecular weight excluding hydrogens is 367 g/mol. The minimum absolute atomic E-state index is 0. The molecule has 0 spiro atoms. The summed E-state index contributed by atoms with van der Waals surface area (Å²) in [5, 5.41) is 2.81. The number of rotatable bonds is 9. The van der Waals surface area contributed by atoms with E-state index >= 15 is 0 Å². The Morgan fingerprint density at radius 1 is 1.12 bits per heavy atom. The van der Waals surface area contributed by atoms with Crippen molar-refractivity contribution in [1.82, 2.24) is 15.1 Å². The zero-order valence-electron chi connectivity index (χ0n) is 15.6. The normalized spacial score (nSPS) is 15.1. The third-order valence-electron chi connectivity index (χ3n) is 4.85. The van der Waals surface area contributed by atoms with E-state index in [4.69, 9.17) is 10.5 Å². The number of nitrogens with one attached hydrogen (secondary N) is 1. The highest BCUT2D eigenvalue weighted by Crippen LogP contribution is 2.28. The monoisotopic (exact) mass is 400 g/mol. The molecule has 1 aliphatic rings. The van der Waals surface area contributed by atoms with Crippen LogP contribution in [0.1, 0.15) is 26.7 Å². The highest BCUT2D eigenvalue weighted by molar-refractivity contribution is 5.85. The molecule has 7 nitrogen and oxygen atoms in total. The molecule has 150 valence electrons. The predicted molar refractivity (Wildman–Crippen MR) is 104 cm³/mol. The second kappa shape index (κ2) is 13.6. The van der Waals surface area contributed by atoms with Gasteiger partial charge in [0.1, 0.15) is 0 Å². The summed E-state index contributed by atoms with van der Waals surface area (Å²) in [6, 6.07) is 0. The van der Waals surface area contributed by atoms with E-state index in [2.05, 4.69) is 10.2 Å². The van der Waals surface area contributed by atoms with Crippen LogP contribution in [0.15, 0.2) is 0 Å². The molecule has 0 unspecified atom stereocenters. The fourth-order valence-corrected chi connectivity index (χ4v) is 2.92. The van der Waals surface area contributed by atoms with Crippen LogP contribution in [0.5, 0.6) is 0 Å². The minimum atomic E-state index is -0.431. The van der Waals surface area contributed by atoms with Gasteiger partial charge in [-0.05, 0) is 12.8 Å². The molecule has 1 heterocycles. The van der Waals surface area contributed by atoms with Crippen molar-refractivity contribution in [2.45, 2.75) is 26.7 Å². The number of carbonyl (C=O) groups excluding carboxylic acids is 2. The fraction of sp³-hybridized carbons (Fsp3) is 0.875. The van der Waals surface area contributed by atoms with Crippen molar-refractivity contribution >= 4 is 36.6 Å². The van der Waals surface area contributed by atoms with E-state index in [9.17, 15) is 9.59 Å². The Hall–Kier alpha value is -0.600. The number of hydrogen-bond donors (Lipinski definition) is 2. The summed E-state index contributed by atoms with van der Waals surface area (Å²) in [5.74, 6) is 0.162. The average Bonchev–Trinajstić information content (AvgIpc) is 2.58. The highest BCUT2D eigenvalue weighted by Gasteiger charge is 2.37. The summed E-state index contributed by atoms with van der Waals surface area (Å²) < 4.78 is 4.90. The van der Waals surface area contributed by atoms with E-state index in [0.717, 1.165) is 25.9 Å². The first-order valence-electron chi connectivity index (χ1n) is 8.50. The van der Waals surface area contributed by atoms with E-state index < -0.39 is 5.41 Å². The molecule has 0 saturated carbocycles.